The molecule has 0 amide bonds. The Hall–Kier alpha value is -3.02. The van der Waals surface area contributed by atoms with Crippen LogP contribution in [0.4, 0.5) is 15.9 Å². The van der Waals surface area contributed by atoms with Crippen LogP contribution >= 0.6 is 0 Å². The summed E-state index contributed by atoms with van der Waals surface area (Å²) in [6.45, 7) is 3.75. The lowest BCUT2D eigenvalue weighted by Crippen LogP contribution is -2.17. The number of benzene rings is 2. The van der Waals surface area contributed by atoms with Crippen molar-refractivity contribution in [2.24, 2.45) is 0 Å². The van der Waals surface area contributed by atoms with Gasteiger partial charge < -0.3 is 10.1 Å². The Bertz CT molecular complexity index is 897. The number of hydrogen-bond donors (Lipinski definition) is 1. The molecule has 5 nitrogen and oxygen atoms in total. The van der Waals surface area contributed by atoms with Gasteiger partial charge in [0.05, 0.1) is 17.1 Å². The number of fused-ring (bicyclic) bond motifs is 1. The number of nitrogens with one attached hydrogen (secondary N) is 1. The number of para-hydroxylation sites is 2. The highest BCUT2D eigenvalue weighted by Gasteiger charge is 2.20. The van der Waals surface area contributed by atoms with E-state index < -0.39 is 5.97 Å². The van der Waals surface area contributed by atoms with E-state index in [1.54, 1.807) is 18.2 Å². The molecule has 3 rings (SSSR count). The van der Waals surface area contributed by atoms with E-state index in [1.807, 2.05) is 32.0 Å². The summed E-state index contributed by atoms with van der Waals surface area (Å²) in [6, 6.07) is 13.0. The van der Waals surface area contributed by atoms with Crippen molar-refractivity contribution in [3.8, 4) is 0 Å². The molecule has 1 atom stereocenters. The Balaban J connectivity index is 2.02. The maximum atomic E-state index is 13.1. The summed E-state index contributed by atoms with van der Waals surface area (Å²) in [5.74, 6) is -0.609. The minimum atomic E-state index is -0.544. The molecule has 1 heterocycles. The molecule has 128 valence electrons. The number of rotatable bonds is 5. The van der Waals surface area contributed by atoms with E-state index in [2.05, 4.69) is 15.3 Å². The van der Waals surface area contributed by atoms with Crippen molar-refractivity contribution in [1.29, 1.82) is 0 Å². The molecule has 0 fully saturated rings. The third kappa shape index (κ3) is 3.91. The molecular formula is C19H18FN3O2. The highest BCUT2D eigenvalue weighted by molar-refractivity contribution is 5.96. The standard InChI is InChI=1S/C19H18FN3O2/c1-3-12(2)25-19(24)17-18(21-14-10-8-13(20)9-11-14)23-16-7-5-4-6-15(16)22-17/h4-12H,3H2,1-2H3,(H,21,23)/t12-/m1/s1. The molecule has 0 saturated heterocycles. The van der Waals surface area contributed by atoms with Crippen molar-refractivity contribution in [1.82, 2.24) is 9.97 Å². The van der Waals surface area contributed by atoms with Crippen molar-refractivity contribution in [2.45, 2.75) is 26.4 Å². The molecule has 0 radical (unpaired) electrons. The van der Waals surface area contributed by atoms with E-state index in [0.717, 1.165) is 0 Å². The van der Waals surface area contributed by atoms with E-state index in [-0.39, 0.29) is 23.4 Å². The molecule has 0 aliphatic heterocycles. The first kappa shape index (κ1) is 16.8. The third-order valence-electron chi connectivity index (χ3n) is 3.75. The molecule has 0 aliphatic carbocycles. The Morgan fingerprint density at radius 1 is 1.12 bits per heavy atom. The first-order valence-corrected chi connectivity index (χ1v) is 8.07. The summed E-state index contributed by atoms with van der Waals surface area (Å²) in [5, 5.41) is 3.02. The van der Waals surface area contributed by atoms with Gasteiger partial charge in [-0.15, -0.1) is 0 Å². The van der Waals surface area contributed by atoms with E-state index in [0.29, 0.717) is 23.1 Å². The summed E-state index contributed by atoms with van der Waals surface area (Å²) >= 11 is 0. The maximum absolute atomic E-state index is 13.1. The SMILES string of the molecule is CC[C@@H](C)OC(=O)c1nc2ccccc2nc1Nc1ccc(F)cc1. The first-order valence-electron chi connectivity index (χ1n) is 8.07. The number of carbonyl (C=O) groups excluding carboxylic acids is 1. The van der Waals surface area contributed by atoms with Gasteiger partial charge in [-0.05, 0) is 49.7 Å². The van der Waals surface area contributed by atoms with Gasteiger partial charge >= 0.3 is 5.97 Å². The fourth-order valence-corrected chi connectivity index (χ4v) is 2.22. The van der Waals surface area contributed by atoms with Crippen LogP contribution in [0.3, 0.4) is 0 Å². The van der Waals surface area contributed by atoms with Crippen LogP contribution in [0.15, 0.2) is 48.5 Å². The molecule has 0 spiro atoms. The molecule has 6 heteroatoms. The van der Waals surface area contributed by atoms with Gasteiger partial charge in [0.1, 0.15) is 5.82 Å². The second kappa shape index (κ2) is 7.25. The Morgan fingerprint density at radius 3 is 2.40 bits per heavy atom. The van der Waals surface area contributed by atoms with Gasteiger partial charge in [-0.1, -0.05) is 19.1 Å². The molecule has 25 heavy (non-hydrogen) atoms. The van der Waals surface area contributed by atoms with Gasteiger partial charge in [0.15, 0.2) is 11.5 Å². The normalized spacial score (nSPS) is 12.0. The van der Waals surface area contributed by atoms with Crippen LogP contribution < -0.4 is 5.32 Å². The zero-order valence-electron chi connectivity index (χ0n) is 14.0. The molecule has 1 N–H and O–H groups in total. The largest absolute Gasteiger partial charge is 0.458 e. The number of halogens is 1. The average molecular weight is 339 g/mol. The van der Waals surface area contributed by atoms with Crippen molar-refractivity contribution in [3.63, 3.8) is 0 Å². The Kier molecular flexibility index (Phi) is 4.88. The first-order chi connectivity index (χ1) is 12.1. The van der Waals surface area contributed by atoms with Crippen LogP contribution in [0, 0.1) is 5.82 Å². The third-order valence-corrected chi connectivity index (χ3v) is 3.75. The molecule has 3 aromatic rings. The second-order valence-corrected chi connectivity index (χ2v) is 5.67. The summed E-state index contributed by atoms with van der Waals surface area (Å²) in [6.07, 6.45) is 0.479. The zero-order valence-corrected chi connectivity index (χ0v) is 14.0. The predicted octanol–water partition coefficient (Wildman–Crippen LogP) is 4.47. The number of hydrogen-bond acceptors (Lipinski definition) is 5. The van der Waals surface area contributed by atoms with E-state index in [1.165, 1.54) is 12.1 Å². The van der Waals surface area contributed by atoms with Gasteiger partial charge in [-0.2, -0.15) is 0 Å². The smallest absolute Gasteiger partial charge is 0.361 e. The van der Waals surface area contributed by atoms with Crippen LogP contribution in [-0.4, -0.2) is 22.0 Å². The van der Waals surface area contributed by atoms with Crippen LogP contribution in [0.2, 0.25) is 0 Å². The molecule has 0 unspecified atom stereocenters. The number of carbonyl (C=O) groups is 1. The van der Waals surface area contributed by atoms with E-state index in [4.69, 9.17) is 4.74 Å². The number of aromatic nitrogens is 2. The summed E-state index contributed by atoms with van der Waals surface area (Å²) in [5.41, 5.74) is 1.95. The molecule has 0 saturated carbocycles. The predicted molar refractivity (Wildman–Crippen MR) is 94.4 cm³/mol. The highest BCUT2D eigenvalue weighted by atomic mass is 19.1. The van der Waals surface area contributed by atoms with Crippen molar-refractivity contribution in [3.05, 3.63) is 60.0 Å². The molecular weight excluding hydrogens is 321 g/mol. The topological polar surface area (TPSA) is 64.1 Å². The number of anilines is 2. The van der Waals surface area contributed by atoms with Crippen LogP contribution in [0.1, 0.15) is 30.8 Å². The van der Waals surface area contributed by atoms with E-state index in [9.17, 15) is 9.18 Å². The summed E-state index contributed by atoms with van der Waals surface area (Å²) in [7, 11) is 0. The van der Waals surface area contributed by atoms with Gasteiger partial charge in [0.2, 0.25) is 0 Å². The molecule has 0 bridgehead atoms. The fourth-order valence-electron chi connectivity index (χ4n) is 2.22. The Labute approximate surface area is 144 Å². The van der Waals surface area contributed by atoms with Crippen molar-refractivity contribution >= 4 is 28.5 Å². The van der Waals surface area contributed by atoms with Crippen molar-refractivity contribution < 1.29 is 13.9 Å². The van der Waals surface area contributed by atoms with Gasteiger partial charge in [-0.3, -0.25) is 0 Å². The minimum Gasteiger partial charge on any atom is -0.458 e. The second-order valence-electron chi connectivity index (χ2n) is 5.67. The Morgan fingerprint density at radius 2 is 1.76 bits per heavy atom. The zero-order chi connectivity index (χ0) is 17.8. The van der Waals surface area contributed by atoms with Crippen LogP contribution in [0.5, 0.6) is 0 Å². The van der Waals surface area contributed by atoms with Crippen LogP contribution in [0.25, 0.3) is 11.0 Å². The summed E-state index contributed by atoms with van der Waals surface area (Å²) < 4.78 is 18.5. The number of nitrogens with zero attached hydrogens (tertiary/aromatic N) is 2. The van der Waals surface area contributed by atoms with Crippen LogP contribution in [-0.2, 0) is 4.74 Å². The van der Waals surface area contributed by atoms with Gasteiger partial charge in [0, 0.05) is 5.69 Å². The van der Waals surface area contributed by atoms with E-state index >= 15 is 0 Å². The summed E-state index contributed by atoms with van der Waals surface area (Å²) in [4.78, 5) is 21.4. The minimum absolute atomic E-state index is 0.100. The molecule has 1 aromatic heterocycles. The molecule has 0 aliphatic rings. The fraction of sp³-hybridized carbons (Fsp3) is 0.211. The van der Waals surface area contributed by atoms with Gasteiger partial charge in [0.25, 0.3) is 0 Å². The average Bonchev–Trinajstić information content (AvgIpc) is 2.62. The lowest BCUT2D eigenvalue weighted by atomic mass is 10.2. The monoisotopic (exact) mass is 339 g/mol. The maximum Gasteiger partial charge on any atom is 0.361 e. The lowest BCUT2D eigenvalue weighted by Gasteiger charge is -2.14. The lowest BCUT2D eigenvalue weighted by molar-refractivity contribution is 0.0329. The molecule has 2 aromatic carbocycles. The number of ether oxygens (including phenoxy) is 1. The quantitative estimate of drug-likeness (QED) is 0.695. The highest BCUT2D eigenvalue weighted by Crippen LogP contribution is 2.22. The number of esters is 1. The van der Waals surface area contributed by atoms with Crippen molar-refractivity contribution in [2.75, 3.05) is 5.32 Å². The van der Waals surface area contributed by atoms with Gasteiger partial charge in [-0.25, -0.2) is 19.2 Å².